The first-order valence-electron chi connectivity index (χ1n) is 4.40. The zero-order valence-electron chi connectivity index (χ0n) is 8.05. The topological polar surface area (TPSA) is 46.2 Å². The van der Waals surface area contributed by atoms with Gasteiger partial charge in [0.1, 0.15) is 4.21 Å². The Hall–Kier alpha value is -1.04. The van der Waals surface area contributed by atoms with Crippen molar-refractivity contribution in [2.45, 2.75) is 4.21 Å². The average Bonchev–Trinajstić information content (AvgIpc) is 2.75. The lowest BCUT2D eigenvalue weighted by molar-refractivity contribution is 0.603. The first-order valence-corrected chi connectivity index (χ1v) is 7.14. The monoisotopic (exact) mass is 273 g/mol. The molecule has 2 aromatic rings. The van der Waals surface area contributed by atoms with Crippen LogP contribution >= 0.6 is 22.9 Å². The van der Waals surface area contributed by atoms with Crippen LogP contribution in [0.5, 0.6) is 0 Å². The van der Waals surface area contributed by atoms with E-state index in [1.807, 2.05) is 0 Å². The van der Waals surface area contributed by atoms with Gasteiger partial charge in [0.2, 0.25) is 0 Å². The van der Waals surface area contributed by atoms with Gasteiger partial charge in [-0.2, -0.15) is 0 Å². The number of rotatable bonds is 3. The largest absolute Gasteiger partial charge is 0.279 e. The third-order valence-electron chi connectivity index (χ3n) is 1.86. The second kappa shape index (κ2) is 4.45. The lowest BCUT2D eigenvalue weighted by Gasteiger charge is -2.05. The summed E-state index contributed by atoms with van der Waals surface area (Å²) in [6.45, 7) is 0. The highest BCUT2D eigenvalue weighted by Crippen LogP contribution is 2.21. The molecule has 3 nitrogen and oxygen atoms in total. The summed E-state index contributed by atoms with van der Waals surface area (Å²) in [6, 6.07) is 9.76. The van der Waals surface area contributed by atoms with Crippen LogP contribution < -0.4 is 4.72 Å². The molecule has 0 aliphatic carbocycles. The molecular formula is C10H8ClNO2S2. The van der Waals surface area contributed by atoms with E-state index < -0.39 is 10.0 Å². The van der Waals surface area contributed by atoms with Crippen LogP contribution in [0.15, 0.2) is 46.0 Å². The molecule has 0 saturated heterocycles. The first kappa shape index (κ1) is 11.4. The quantitative estimate of drug-likeness (QED) is 0.933. The number of hydrogen-bond donors (Lipinski definition) is 1. The third kappa shape index (κ3) is 2.55. The SMILES string of the molecule is O=S(=O)(Nc1ccc(Cl)cc1)c1cccs1. The van der Waals surface area contributed by atoms with Gasteiger partial charge < -0.3 is 0 Å². The molecule has 0 fully saturated rings. The Kier molecular flexibility index (Phi) is 3.18. The van der Waals surface area contributed by atoms with Gasteiger partial charge >= 0.3 is 0 Å². The number of thiophene rings is 1. The molecule has 0 bridgehead atoms. The fraction of sp³-hybridized carbons (Fsp3) is 0. The standard InChI is InChI=1S/C10H8ClNO2S2/c11-8-3-5-9(6-4-8)12-16(13,14)10-2-1-7-15-10/h1-7,12H. The van der Waals surface area contributed by atoms with Gasteiger partial charge in [-0.25, -0.2) is 8.42 Å². The molecule has 0 amide bonds. The first-order chi connectivity index (χ1) is 7.58. The zero-order valence-corrected chi connectivity index (χ0v) is 10.4. The van der Waals surface area contributed by atoms with Crippen molar-refractivity contribution in [1.29, 1.82) is 0 Å². The van der Waals surface area contributed by atoms with Crippen LogP contribution in [0, 0.1) is 0 Å². The molecule has 2 rings (SSSR count). The van der Waals surface area contributed by atoms with Crippen LogP contribution in [-0.4, -0.2) is 8.42 Å². The Bertz CT molecular complexity index is 561. The number of benzene rings is 1. The van der Waals surface area contributed by atoms with Crippen molar-refractivity contribution in [3.8, 4) is 0 Å². The molecule has 0 aliphatic rings. The predicted molar refractivity (Wildman–Crippen MR) is 66.6 cm³/mol. The van der Waals surface area contributed by atoms with Crippen molar-refractivity contribution in [3.05, 3.63) is 46.8 Å². The van der Waals surface area contributed by atoms with Gasteiger partial charge in [0.15, 0.2) is 0 Å². The summed E-state index contributed by atoms with van der Waals surface area (Å²) in [7, 11) is -3.46. The normalized spacial score (nSPS) is 11.3. The molecule has 1 N–H and O–H groups in total. The second-order valence-electron chi connectivity index (χ2n) is 3.04. The van der Waals surface area contributed by atoms with E-state index in [0.717, 1.165) is 0 Å². The van der Waals surface area contributed by atoms with Gasteiger partial charge in [-0.15, -0.1) is 11.3 Å². The Labute approximate surface area is 103 Å². The summed E-state index contributed by atoms with van der Waals surface area (Å²) >= 11 is 6.88. The Balaban J connectivity index is 2.25. The van der Waals surface area contributed by atoms with E-state index in [1.165, 1.54) is 11.3 Å². The van der Waals surface area contributed by atoms with Crippen molar-refractivity contribution in [2.24, 2.45) is 0 Å². The van der Waals surface area contributed by atoms with Gasteiger partial charge in [0, 0.05) is 10.7 Å². The fourth-order valence-corrected chi connectivity index (χ4v) is 3.32. The van der Waals surface area contributed by atoms with Crippen molar-refractivity contribution in [2.75, 3.05) is 4.72 Å². The second-order valence-corrected chi connectivity index (χ2v) is 6.34. The number of nitrogens with one attached hydrogen (secondary N) is 1. The van der Waals surface area contributed by atoms with Crippen LogP contribution in [0.25, 0.3) is 0 Å². The van der Waals surface area contributed by atoms with E-state index in [0.29, 0.717) is 14.9 Å². The number of halogens is 1. The van der Waals surface area contributed by atoms with Gasteiger partial charge in [-0.3, -0.25) is 4.72 Å². The summed E-state index contributed by atoms with van der Waals surface area (Å²) in [4.78, 5) is 0. The Morgan fingerprint density at radius 3 is 2.38 bits per heavy atom. The molecule has 0 unspecified atom stereocenters. The highest BCUT2D eigenvalue weighted by molar-refractivity contribution is 7.94. The molecule has 6 heteroatoms. The molecule has 1 aromatic carbocycles. The molecule has 0 atom stereocenters. The van der Waals surface area contributed by atoms with Crippen LogP contribution in [0.4, 0.5) is 5.69 Å². The summed E-state index contributed by atoms with van der Waals surface area (Å²) < 4.78 is 26.4. The highest BCUT2D eigenvalue weighted by atomic mass is 35.5. The Morgan fingerprint density at radius 2 is 1.81 bits per heavy atom. The number of anilines is 1. The fourth-order valence-electron chi connectivity index (χ4n) is 1.14. The summed E-state index contributed by atoms with van der Waals surface area (Å²) in [5, 5.41) is 2.29. The minimum atomic E-state index is -3.46. The summed E-state index contributed by atoms with van der Waals surface area (Å²) in [5.74, 6) is 0. The number of hydrogen-bond acceptors (Lipinski definition) is 3. The Morgan fingerprint density at radius 1 is 1.12 bits per heavy atom. The molecule has 16 heavy (non-hydrogen) atoms. The molecule has 1 heterocycles. The summed E-state index contributed by atoms with van der Waals surface area (Å²) in [6.07, 6.45) is 0. The van der Waals surface area contributed by atoms with Gasteiger partial charge in [-0.1, -0.05) is 17.7 Å². The molecule has 0 radical (unpaired) electrons. The lowest BCUT2D eigenvalue weighted by Crippen LogP contribution is -2.11. The summed E-state index contributed by atoms with van der Waals surface area (Å²) in [5.41, 5.74) is 0.498. The molecule has 0 spiro atoms. The van der Waals surface area contributed by atoms with Crippen molar-refractivity contribution < 1.29 is 8.42 Å². The van der Waals surface area contributed by atoms with E-state index in [9.17, 15) is 8.42 Å². The maximum atomic E-state index is 11.8. The van der Waals surface area contributed by atoms with Crippen LogP contribution in [-0.2, 0) is 10.0 Å². The molecule has 0 saturated carbocycles. The molecule has 1 aromatic heterocycles. The van der Waals surface area contributed by atoms with E-state index in [1.54, 1.807) is 41.8 Å². The van der Waals surface area contributed by atoms with Gasteiger partial charge in [-0.05, 0) is 35.7 Å². The van der Waals surface area contributed by atoms with Crippen LogP contribution in [0.1, 0.15) is 0 Å². The average molecular weight is 274 g/mol. The minimum Gasteiger partial charge on any atom is -0.279 e. The van der Waals surface area contributed by atoms with E-state index in [2.05, 4.69) is 4.72 Å². The molecule has 84 valence electrons. The van der Waals surface area contributed by atoms with Crippen LogP contribution in [0.2, 0.25) is 5.02 Å². The van der Waals surface area contributed by atoms with E-state index in [4.69, 9.17) is 11.6 Å². The predicted octanol–water partition coefficient (Wildman–Crippen LogP) is 3.20. The van der Waals surface area contributed by atoms with Crippen molar-refractivity contribution >= 4 is 38.6 Å². The zero-order chi connectivity index (χ0) is 11.6. The lowest BCUT2D eigenvalue weighted by atomic mass is 10.3. The van der Waals surface area contributed by atoms with Gasteiger partial charge in [0.05, 0.1) is 0 Å². The maximum absolute atomic E-state index is 11.8. The maximum Gasteiger partial charge on any atom is 0.271 e. The van der Waals surface area contributed by atoms with Crippen LogP contribution in [0.3, 0.4) is 0 Å². The van der Waals surface area contributed by atoms with Gasteiger partial charge in [0.25, 0.3) is 10.0 Å². The number of sulfonamides is 1. The third-order valence-corrected chi connectivity index (χ3v) is 4.89. The van der Waals surface area contributed by atoms with E-state index in [-0.39, 0.29) is 0 Å². The minimum absolute atomic E-state index is 0.294. The smallest absolute Gasteiger partial charge is 0.271 e. The van der Waals surface area contributed by atoms with Crippen molar-refractivity contribution in [3.63, 3.8) is 0 Å². The highest BCUT2D eigenvalue weighted by Gasteiger charge is 2.14. The molecular weight excluding hydrogens is 266 g/mol. The van der Waals surface area contributed by atoms with E-state index >= 15 is 0 Å². The molecule has 0 aliphatic heterocycles. The van der Waals surface area contributed by atoms with Crippen molar-refractivity contribution in [1.82, 2.24) is 0 Å².